The largest absolute Gasteiger partial charge is 0.497 e. The van der Waals surface area contributed by atoms with Gasteiger partial charge in [-0.3, -0.25) is 4.99 Å². The topological polar surface area (TPSA) is 57.3 Å². The van der Waals surface area contributed by atoms with Gasteiger partial charge < -0.3 is 14.2 Å². The Morgan fingerprint density at radius 1 is 0.966 bits per heavy atom. The Labute approximate surface area is 174 Å². The number of hydrogen-bond donors (Lipinski definition) is 0. The van der Waals surface area contributed by atoms with Gasteiger partial charge >= 0.3 is 0 Å². The summed E-state index contributed by atoms with van der Waals surface area (Å²) in [6, 6.07) is 13.8. The molecule has 1 aromatic heterocycles. The number of ether oxygens (including phenoxy) is 3. The molecule has 152 valence electrons. The summed E-state index contributed by atoms with van der Waals surface area (Å²) in [7, 11) is 6.70. The molecule has 7 heteroatoms. The third kappa shape index (κ3) is 4.35. The molecule has 0 aliphatic rings. The molecule has 0 saturated carbocycles. The van der Waals surface area contributed by atoms with Crippen LogP contribution in [0.5, 0.6) is 17.2 Å². The second kappa shape index (κ2) is 9.43. The third-order valence-electron chi connectivity index (χ3n) is 4.53. The van der Waals surface area contributed by atoms with E-state index in [2.05, 4.69) is 17.3 Å². The molecule has 6 nitrogen and oxygen atoms in total. The standard InChI is InChI=1S/C22H25N3O3S/c1-6-18(16-9-12-20(27-4)21(13-16)28-5)24-25-19(14-29-22(25)23-2)15-7-10-17(26-3)11-8-15/h7-14H,6H2,1-5H3. The first kappa shape index (κ1) is 20.7. The SMILES string of the molecule is CCC(=Nn1c(-c2ccc(OC)cc2)csc1=NC)c1ccc(OC)c(OC)c1. The van der Waals surface area contributed by atoms with Crippen LogP contribution in [-0.2, 0) is 0 Å². The van der Waals surface area contributed by atoms with Gasteiger partial charge in [-0.1, -0.05) is 6.92 Å². The molecule has 3 rings (SSSR count). The maximum absolute atomic E-state index is 5.45. The van der Waals surface area contributed by atoms with Crippen LogP contribution in [-0.4, -0.2) is 38.8 Å². The lowest BCUT2D eigenvalue weighted by molar-refractivity contribution is 0.355. The molecular weight excluding hydrogens is 386 g/mol. The monoisotopic (exact) mass is 411 g/mol. The lowest BCUT2D eigenvalue weighted by Gasteiger charge is -2.11. The smallest absolute Gasteiger partial charge is 0.205 e. The van der Waals surface area contributed by atoms with Crippen molar-refractivity contribution < 1.29 is 14.2 Å². The summed E-state index contributed by atoms with van der Waals surface area (Å²) in [5.41, 5.74) is 3.92. The van der Waals surface area contributed by atoms with Crippen LogP contribution in [0.4, 0.5) is 0 Å². The van der Waals surface area contributed by atoms with Gasteiger partial charge in [-0.15, -0.1) is 11.3 Å². The highest BCUT2D eigenvalue weighted by Gasteiger charge is 2.12. The molecule has 0 radical (unpaired) electrons. The number of hydrogen-bond acceptors (Lipinski definition) is 6. The minimum atomic E-state index is 0.678. The lowest BCUT2D eigenvalue weighted by Crippen LogP contribution is -2.14. The summed E-state index contributed by atoms with van der Waals surface area (Å²) in [5.74, 6) is 2.19. The molecule has 0 fully saturated rings. The average Bonchev–Trinajstić information content (AvgIpc) is 3.19. The van der Waals surface area contributed by atoms with Crippen molar-refractivity contribution >= 4 is 17.0 Å². The number of nitrogens with zero attached hydrogens (tertiary/aromatic N) is 3. The Kier molecular flexibility index (Phi) is 6.72. The first-order valence-corrected chi connectivity index (χ1v) is 10.1. The van der Waals surface area contributed by atoms with Crippen LogP contribution in [0.2, 0.25) is 0 Å². The molecule has 0 aliphatic heterocycles. The Hall–Kier alpha value is -3.06. The van der Waals surface area contributed by atoms with Crippen LogP contribution in [0.25, 0.3) is 11.3 Å². The van der Waals surface area contributed by atoms with E-state index >= 15 is 0 Å². The third-order valence-corrected chi connectivity index (χ3v) is 5.44. The molecule has 2 aromatic carbocycles. The van der Waals surface area contributed by atoms with Crippen LogP contribution >= 0.6 is 11.3 Å². The Bertz CT molecular complexity index is 1070. The normalized spacial score (nSPS) is 12.2. The van der Waals surface area contributed by atoms with Gasteiger partial charge in [0.05, 0.1) is 32.7 Å². The van der Waals surface area contributed by atoms with Crippen molar-refractivity contribution in [2.24, 2.45) is 10.1 Å². The fourth-order valence-electron chi connectivity index (χ4n) is 2.98. The highest BCUT2D eigenvalue weighted by molar-refractivity contribution is 7.07. The quantitative estimate of drug-likeness (QED) is 0.540. The number of thiazole rings is 1. The van der Waals surface area contributed by atoms with Crippen LogP contribution in [0, 0.1) is 0 Å². The predicted molar refractivity (Wildman–Crippen MR) is 118 cm³/mol. The van der Waals surface area contributed by atoms with Crippen molar-refractivity contribution in [2.75, 3.05) is 28.4 Å². The van der Waals surface area contributed by atoms with Gasteiger partial charge in [0.1, 0.15) is 5.75 Å². The van der Waals surface area contributed by atoms with Crippen molar-refractivity contribution in [1.29, 1.82) is 0 Å². The summed E-state index contributed by atoms with van der Waals surface area (Å²) in [4.78, 5) is 5.22. The van der Waals surface area contributed by atoms with Gasteiger partial charge in [0, 0.05) is 23.6 Å². The lowest BCUT2D eigenvalue weighted by atomic mass is 10.1. The molecule has 0 aliphatic carbocycles. The van der Waals surface area contributed by atoms with E-state index in [0.717, 1.165) is 39.5 Å². The molecule has 0 amide bonds. The second-order valence-electron chi connectivity index (χ2n) is 6.14. The molecule has 0 unspecified atom stereocenters. The molecule has 0 N–H and O–H groups in total. The number of rotatable bonds is 7. The van der Waals surface area contributed by atoms with E-state index in [1.807, 2.05) is 47.1 Å². The van der Waals surface area contributed by atoms with Crippen LogP contribution < -0.4 is 19.0 Å². The molecule has 0 saturated heterocycles. The van der Waals surface area contributed by atoms with Crippen molar-refractivity contribution in [3.05, 3.63) is 58.2 Å². The van der Waals surface area contributed by atoms with Gasteiger partial charge in [-0.05, 0) is 48.9 Å². The summed E-state index contributed by atoms with van der Waals surface area (Å²) in [6.07, 6.45) is 0.754. The van der Waals surface area contributed by atoms with E-state index in [1.54, 1.807) is 39.7 Å². The second-order valence-corrected chi connectivity index (χ2v) is 6.97. The minimum Gasteiger partial charge on any atom is -0.497 e. The van der Waals surface area contributed by atoms with E-state index in [0.29, 0.717) is 11.5 Å². The summed E-state index contributed by atoms with van der Waals surface area (Å²) < 4.78 is 18.0. The maximum Gasteiger partial charge on any atom is 0.205 e. The fourth-order valence-corrected chi connectivity index (χ4v) is 3.77. The number of aromatic nitrogens is 1. The Morgan fingerprint density at radius 2 is 1.69 bits per heavy atom. The minimum absolute atomic E-state index is 0.678. The molecule has 0 bridgehead atoms. The number of methoxy groups -OCH3 is 3. The van der Waals surface area contributed by atoms with Crippen molar-refractivity contribution in [3.8, 4) is 28.5 Å². The zero-order valence-corrected chi connectivity index (χ0v) is 18.1. The van der Waals surface area contributed by atoms with E-state index in [4.69, 9.17) is 19.3 Å². The molecule has 0 atom stereocenters. The van der Waals surface area contributed by atoms with Gasteiger partial charge in [-0.25, -0.2) is 4.68 Å². The Morgan fingerprint density at radius 3 is 2.28 bits per heavy atom. The average molecular weight is 412 g/mol. The predicted octanol–water partition coefficient (Wildman–Crippen LogP) is 4.44. The molecular formula is C22H25N3O3S. The molecule has 1 heterocycles. The molecule has 29 heavy (non-hydrogen) atoms. The van der Waals surface area contributed by atoms with E-state index in [1.165, 1.54) is 0 Å². The summed E-state index contributed by atoms with van der Waals surface area (Å²) >= 11 is 1.56. The maximum atomic E-state index is 5.45. The van der Waals surface area contributed by atoms with Crippen molar-refractivity contribution in [3.63, 3.8) is 0 Å². The van der Waals surface area contributed by atoms with Gasteiger partial charge in [0.25, 0.3) is 0 Å². The van der Waals surface area contributed by atoms with Gasteiger partial charge in [0.15, 0.2) is 11.5 Å². The molecule has 0 spiro atoms. The van der Waals surface area contributed by atoms with E-state index in [9.17, 15) is 0 Å². The van der Waals surface area contributed by atoms with Crippen LogP contribution in [0.15, 0.2) is 57.9 Å². The summed E-state index contributed by atoms with van der Waals surface area (Å²) in [6.45, 7) is 2.08. The summed E-state index contributed by atoms with van der Waals surface area (Å²) in [5, 5.41) is 7.02. The van der Waals surface area contributed by atoms with Crippen LogP contribution in [0.1, 0.15) is 18.9 Å². The highest BCUT2D eigenvalue weighted by Crippen LogP contribution is 2.29. The number of benzene rings is 2. The first-order chi connectivity index (χ1) is 14.1. The van der Waals surface area contributed by atoms with Gasteiger partial charge in [0.2, 0.25) is 4.80 Å². The van der Waals surface area contributed by atoms with Crippen molar-refractivity contribution in [1.82, 2.24) is 4.68 Å². The van der Waals surface area contributed by atoms with Crippen LogP contribution in [0.3, 0.4) is 0 Å². The zero-order chi connectivity index (χ0) is 20.8. The van der Waals surface area contributed by atoms with E-state index < -0.39 is 0 Å². The molecule has 3 aromatic rings. The first-order valence-electron chi connectivity index (χ1n) is 9.23. The Balaban J connectivity index is 2.11. The van der Waals surface area contributed by atoms with E-state index in [-0.39, 0.29) is 0 Å². The highest BCUT2D eigenvalue weighted by atomic mass is 32.1. The van der Waals surface area contributed by atoms with Gasteiger partial charge in [-0.2, -0.15) is 5.10 Å². The zero-order valence-electron chi connectivity index (χ0n) is 17.3. The van der Waals surface area contributed by atoms with Crippen molar-refractivity contribution in [2.45, 2.75) is 13.3 Å². The fraction of sp³-hybridized carbons (Fsp3) is 0.273.